The zero-order chi connectivity index (χ0) is 23.5. The van der Waals surface area contributed by atoms with E-state index in [-0.39, 0.29) is 23.5 Å². The lowest BCUT2D eigenvalue weighted by molar-refractivity contribution is 0.0528. The Morgan fingerprint density at radius 2 is 2.06 bits per heavy atom. The molecule has 1 aliphatic rings. The molecule has 0 saturated carbocycles. The molecule has 7 nitrogen and oxygen atoms in total. The van der Waals surface area contributed by atoms with Crippen molar-refractivity contribution in [3.63, 3.8) is 0 Å². The predicted molar refractivity (Wildman–Crippen MR) is 122 cm³/mol. The third-order valence-corrected chi connectivity index (χ3v) is 6.02. The molecule has 1 atom stereocenters. The summed E-state index contributed by atoms with van der Waals surface area (Å²) in [5.74, 6) is 1.43. The van der Waals surface area contributed by atoms with E-state index < -0.39 is 0 Å². The van der Waals surface area contributed by atoms with E-state index in [1.165, 1.54) is 12.1 Å². The summed E-state index contributed by atoms with van der Waals surface area (Å²) in [7, 11) is 1.64. The number of likely N-dealkylation sites (tertiary alicyclic amines) is 1. The van der Waals surface area contributed by atoms with Gasteiger partial charge in [0.25, 0.3) is 5.91 Å². The molecule has 0 unspecified atom stereocenters. The highest BCUT2D eigenvalue weighted by Gasteiger charge is 2.34. The van der Waals surface area contributed by atoms with Crippen LogP contribution in [0.1, 0.15) is 53.1 Å². The SMILES string of the molecule is COc1ccccc1Cc1cnc([C@@H]2CCCCN2C(=O)c2cc(-c3cccc(F)c3)no2)o1. The van der Waals surface area contributed by atoms with Gasteiger partial charge in [-0.25, -0.2) is 9.37 Å². The molecule has 3 heterocycles. The molecule has 5 rings (SSSR count). The number of benzene rings is 2. The van der Waals surface area contributed by atoms with E-state index in [0.29, 0.717) is 35.9 Å². The lowest BCUT2D eigenvalue weighted by Crippen LogP contribution is -2.38. The van der Waals surface area contributed by atoms with Crippen LogP contribution in [-0.4, -0.2) is 34.6 Å². The topological polar surface area (TPSA) is 81.6 Å². The van der Waals surface area contributed by atoms with Crippen LogP contribution in [0, 0.1) is 5.82 Å². The third kappa shape index (κ3) is 4.44. The van der Waals surface area contributed by atoms with Gasteiger partial charge in [0.2, 0.25) is 11.7 Å². The normalized spacial score (nSPS) is 15.9. The molecule has 34 heavy (non-hydrogen) atoms. The number of oxazole rings is 1. The highest BCUT2D eigenvalue weighted by Crippen LogP contribution is 2.33. The number of carbonyl (C=O) groups is 1. The Morgan fingerprint density at radius 1 is 1.18 bits per heavy atom. The Balaban J connectivity index is 1.35. The highest BCUT2D eigenvalue weighted by molar-refractivity contribution is 5.92. The fourth-order valence-electron chi connectivity index (χ4n) is 4.33. The van der Waals surface area contributed by atoms with Crippen LogP contribution in [0.15, 0.2) is 69.7 Å². The first-order valence-electron chi connectivity index (χ1n) is 11.2. The smallest absolute Gasteiger partial charge is 0.293 e. The Labute approximate surface area is 196 Å². The van der Waals surface area contributed by atoms with E-state index in [2.05, 4.69) is 10.1 Å². The summed E-state index contributed by atoms with van der Waals surface area (Å²) in [6, 6.07) is 15.0. The molecule has 174 valence electrons. The van der Waals surface area contributed by atoms with Crippen LogP contribution >= 0.6 is 0 Å². The van der Waals surface area contributed by atoms with Crippen LogP contribution < -0.4 is 4.74 Å². The van der Waals surface area contributed by atoms with E-state index in [1.54, 1.807) is 36.4 Å². The quantitative estimate of drug-likeness (QED) is 0.381. The van der Waals surface area contributed by atoms with Crippen molar-refractivity contribution in [1.29, 1.82) is 0 Å². The molecule has 1 amide bonds. The zero-order valence-corrected chi connectivity index (χ0v) is 18.7. The standard InChI is InChI=1S/C26H24FN3O4/c1-32-23-11-3-2-7-18(23)14-20-16-28-25(33-20)22-10-4-5-12-30(22)26(31)24-15-21(29-34-24)17-8-6-9-19(27)13-17/h2-3,6-9,11,13,15-16,22H,4-5,10,12,14H2,1H3/t22-/m0/s1. The minimum absolute atomic E-state index is 0.104. The lowest BCUT2D eigenvalue weighted by Gasteiger charge is -2.32. The summed E-state index contributed by atoms with van der Waals surface area (Å²) in [4.78, 5) is 19.5. The molecule has 1 aliphatic heterocycles. The van der Waals surface area contributed by atoms with E-state index >= 15 is 0 Å². The van der Waals surface area contributed by atoms with Crippen LogP contribution in [0.4, 0.5) is 4.39 Å². The van der Waals surface area contributed by atoms with Gasteiger partial charge in [-0.2, -0.15) is 0 Å². The molecule has 0 bridgehead atoms. The van der Waals surface area contributed by atoms with E-state index in [4.69, 9.17) is 13.7 Å². The monoisotopic (exact) mass is 461 g/mol. The van der Waals surface area contributed by atoms with Gasteiger partial charge in [0.05, 0.1) is 13.3 Å². The van der Waals surface area contributed by atoms with Gasteiger partial charge >= 0.3 is 0 Å². The van der Waals surface area contributed by atoms with Crippen LogP contribution in [0.3, 0.4) is 0 Å². The Kier molecular flexibility index (Phi) is 6.12. The molecular weight excluding hydrogens is 437 g/mol. The fraction of sp³-hybridized carbons (Fsp3) is 0.269. The number of hydrogen-bond donors (Lipinski definition) is 0. The van der Waals surface area contributed by atoms with Gasteiger partial charge < -0.3 is 18.6 Å². The molecule has 8 heteroatoms. The molecule has 1 saturated heterocycles. The zero-order valence-electron chi connectivity index (χ0n) is 18.7. The summed E-state index contributed by atoms with van der Waals surface area (Å²) in [6.45, 7) is 0.559. The molecule has 0 radical (unpaired) electrons. The van der Waals surface area contributed by atoms with Gasteiger partial charge in [0.1, 0.15) is 29.1 Å². The summed E-state index contributed by atoms with van der Waals surface area (Å²) in [6.07, 6.45) is 4.82. The number of amides is 1. The molecular formula is C26H24FN3O4. The second-order valence-corrected chi connectivity index (χ2v) is 8.25. The van der Waals surface area contributed by atoms with Gasteiger partial charge in [0, 0.05) is 30.2 Å². The fourth-order valence-corrected chi connectivity index (χ4v) is 4.33. The number of methoxy groups -OCH3 is 1. The Hall–Kier alpha value is -3.94. The minimum Gasteiger partial charge on any atom is -0.496 e. The maximum absolute atomic E-state index is 13.6. The van der Waals surface area contributed by atoms with Crippen LogP contribution in [0.25, 0.3) is 11.3 Å². The first kappa shape index (κ1) is 21.9. The molecule has 2 aromatic carbocycles. The predicted octanol–water partition coefficient (Wildman–Crippen LogP) is 5.44. The van der Waals surface area contributed by atoms with Crippen molar-refractivity contribution in [2.75, 3.05) is 13.7 Å². The lowest BCUT2D eigenvalue weighted by atomic mass is 10.0. The van der Waals surface area contributed by atoms with E-state index in [0.717, 1.165) is 30.6 Å². The molecule has 0 aliphatic carbocycles. The van der Waals surface area contributed by atoms with Gasteiger partial charge in [-0.15, -0.1) is 0 Å². The summed E-state index contributed by atoms with van der Waals surface area (Å²) in [5.41, 5.74) is 1.95. The van der Waals surface area contributed by atoms with Crippen molar-refractivity contribution < 1.29 is 22.9 Å². The average molecular weight is 461 g/mol. The highest BCUT2D eigenvalue weighted by atomic mass is 19.1. The number of nitrogens with zero attached hydrogens (tertiary/aromatic N) is 3. The molecule has 1 fully saturated rings. The van der Waals surface area contributed by atoms with Gasteiger partial charge in [-0.1, -0.05) is 35.5 Å². The first-order valence-corrected chi connectivity index (χ1v) is 11.2. The average Bonchev–Trinajstić information content (AvgIpc) is 3.54. The Morgan fingerprint density at radius 3 is 2.91 bits per heavy atom. The van der Waals surface area contributed by atoms with Gasteiger partial charge in [0.15, 0.2) is 0 Å². The number of halogens is 1. The maximum atomic E-state index is 13.6. The number of hydrogen-bond acceptors (Lipinski definition) is 6. The second-order valence-electron chi connectivity index (χ2n) is 8.25. The van der Waals surface area contributed by atoms with E-state index in [9.17, 15) is 9.18 Å². The minimum atomic E-state index is -0.378. The van der Waals surface area contributed by atoms with Crippen LogP contribution in [-0.2, 0) is 6.42 Å². The van der Waals surface area contributed by atoms with Crippen molar-refractivity contribution in [2.45, 2.75) is 31.7 Å². The summed E-state index contributed by atoms with van der Waals surface area (Å²) < 4.78 is 30.4. The van der Waals surface area contributed by atoms with Crippen molar-refractivity contribution in [1.82, 2.24) is 15.0 Å². The van der Waals surface area contributed by atoms with Crippen molar-refractivity contribution in [3.05, 3.63) is 89.6 Å². The van der Waals surface area contributed by atoms with Crippen LogP contribution in [0.2, 0.25) is 0 Å². The third-order valence-electron chi connectivity index (χ3n) is 6.02. The number of piperidine rings is 1. The molecule has 0 N–H and O–H groups in total. The number of rotatable bonds is 6. The largest absolute Gasteiger partial charge is 0.496 e. The van der Waals surface area contributed by atoms with Crippen LogP contribution in [0.5, 0.6) is 5.75 Å². The molecule has 2 aromatic heterocycles. The Bertz CT molecular complexity index is 1300. The number of aromatic nitrogens is 2. The van der Waals surface area contributed by atoms with E-state index in [1.807, 2.05) is 24.3 Å². The number of para-hydroxylation sites is 1. The summed E-state index contributed by atoms with van der Waals surface area (Å²) in [5, 5.41) is 3.97. The second kappa shape index (κ2) is 9.51. The van der Waals surface area contributed by atoms with Crippen molar-refractivity contribution in [3.8, 4) is 17.0 Å². The van der Waals surface area contributed by atoms with Crippen molar-refractivity contribution in [2.24, 2.45) is 0 Å². The first-order chi connectivity index (χ1) is 16.6. The molecule has 4 aromatic rings. The number of carbonyl (C=O) groups excluding carboxylic acids is 1. The van der Waals surface area contributed by atoms with Gasteiger partial charge in [-0.05, 0) is 37.5 Å². The summed E-state index contributed by atoms with van der Waals surface area (Å²) >= 11 is 0. The van der Waals surface area contributed by atoms with Gasteiger partial charge in [-0.3, -0.25) is 4.79 Å². The molecule has 0 spiro atoms. The van der Waals surface area contributed by atoms with Crippen molar-refractivity contribution >= 4 is 5.91 Å². The maximum Gasteiger partial charge on any atom is 0.293 e. The number of ether oxygens (including phenoxy) is 1.